The Labute approximate surface area is 181 Å². The molecule has 1 saturated heterocycles. The molecule has 166 valence electrons. The molecule has 0 spiro atoms. The maximum atomic E-state index is 13.2. The van der Waals surface area contributed by atoms with Gasteiger partial charge in [0.05, 0.1) is 23.2 Å². The fourth-order valence-corrected chi connectivity index (χ4v) is 3.58. The summed E-state index contributed by atoms with van der Waals surface area (Å²) in [5.74, 6) is -0.786. The second kappa shape index (κ2) is 8.77. The molecule has 2 amide bonds. The highest BCUT2D eigenvalue weighted by atomic mass is 19.4. The van der Waals surface area contributed by atoms with Crippen molar-refractivity contribution in [1.29, 1.82) is 0 Å². The first-order valence-electron chi connectivity index (χ1n) is 9.88. The summed E-state index contributed by atoms with van der Waals surface area (Å²) in [4.78, 5) is 28.3. The van der Waals surface area contributed by atoms with Gasteiger partial charge in [0.2, 0.25) is 5.91 Å². The van der Waals surface area contributed by atoms with Crippen LogP contribution in [0.1, 0.15) is 21.5 Å². The van der Waals surface area contributed by atoms with Crippen molar-refractivity contribution in [2.75, 3.05) is 26.2 Å². The van der Waals surface area contributed by atoms with Gasteiger partial charge in [0.1, 0.15) is 6.33 Å². The van der Waals surface area contributed by atoms with Crippen LogP contribution in [0.2, 0.25) is 0 Å². The molecule has 4 rings (SSSR count). The van der Waals surface area contributed by atoms with Crippen LogP contribution in [0.15, 0.2) is 54.9 Å². The van der Waals surface area contributed by atoms with Crippen molar-refractivity contribution in [1.82, 2.24) is 30.0 Å². The van der Waals surface area contributed by atoms with E-state index in [0.29, 0.717) is 0 Å². The minimum absolute atomic E-state index is 0.108. The van der Waals surface area contributed by atoms with Gasteiger partial charge in [0, 0.05) is 26.2 Å². The summed E-state index contributed by atoms with van der Waals surface area (Å²) < 4.78 is 41.2. The number of tetrazole rings is 1. The topological polar surface area (TPSA) is 84.2 Å². The van der Waals surface area contributed by atoms with Crippen LogP contribution in [0.3, 0.4) is 0 Å². The van der Waals surface area contributed by atoms with Gasteiger partial charge >= 0.3 is 6.18 Å². The summed E-state index contributed by atoms with van der Waals surface area (Å²) in [7, 11) is 0. The molecule has 1 fully saturated rings. The van der Waals surface area contributed by atoms with Gasteiger partial charge in [0.15, 0.2) is 0 Å². The SMILES string of the molecule is O=C(Cc1ccc(-n2cnnn2)cc1)N1CCN(C(=O)c2ccccc2C(F)(F)F)CC1. The number of benzene rings is 2. The highest BCUT2D eigenvalue weighted by Crippen LogP contribution is 2.32. The summed E-state index contributed by atoms with van der Waals surface area (Å²) in [5, 5.41) is 10.9. The summed E-state index contributed by atoms with van der Waals surface area (Å²) in [6, 6.07) is 12.0. The van der Waals surface area contributed by atoms with Crippen LogP contribution in [0.5, 0.6) is 0 Å². The normalized spacial score (nSPS) is 14.5. The van der Waals surface area contributed by atoms with E-state index < -0.39 is 17.6 Å². The summed E-state index contributed by atoms with van der Waals surface area (Å²) in [6.07, 6.45) is -2.96. The number of halogens is 3. The lowest BCUT2D eigenvalue weighted by atomic mass is 10.1. The zero-order valence-corrected chi connectivity index (χ0v) is 16.9. The Morgan fingerprint density at radius 3 is 2.19 bits per heavy atom. The summed E-state index contributed by atoms with van der Waals surface area (Å²) in [6.45, 7) is 0.882. The van der Waals surface area contributed by atoms with Gasteiger partial charge in [-0.15, -0.1) is 5.10 Å². The van der Waals surface area contributed by atoms with Crippen molar-refractivity contribution in [2.24, 2.45) is 0 Å². The number of nitrogens with zero attached hydrogens (tertiary/aromatic N) is 6. The second-order valence-electron chi connectivity index (χ2n) is 7.31. The third kappa shape index (κ3) is 4.61. The van der Waals surface area contributed by atoms with Crippen molar-refractivity contribution in [3.8, 4) is 5.69 Å². The quantitative estimate of drug-likeness (QED) is 0.616. The molecular weight excluding hydrogens is 425 g/mol. The van der Waals surface area contributed by atoms with E-state index in [1.807, 2.05) is 12.1 Å². The van der Waals surface area contributed by atoms with Gasteiger partial charge in [-0.2, -0.15) is 13.2 Å². The van der Waals surface area contributed by atoms with Crippen molar-refractivity contribution >= 4 is 11.8 Å². The first kappa shape index (κ1) is 21.5. The first-order chi connectivity index (χ1) is 15.3. The molecule has 0 atom stereocenters. The zero-order valence-electron chi connectivity index (χ0n) is 16.9. The molecule has 0 saturated carbocycles. The Bertz CT molecular complexity index is 1090. The van der Waals surface area contributed by atoms with Crippen molar-refractivity contribution in [3.05, 3.63) is 71.5 Å². The van der Waals surface area contributed by atoms with E-state index in [1.54, 1.807) is 17.0 Å². The Hall–Kier alpha value is -3.76. The zero-order chi connectivity index (χ0) is 22.7. The lowest BCUT2D eigenvalue weighted by Crippen LogP contribution is -2.51. The average molecular weight is 444 g/mol. The van der Waals surface area contributed by atoms with E-state index in [2.05, 4.69) is 15.5 Å². The van der Waals surface area contributed by atoms with Crippen LogP contribution in [0.4, 0.5) is 13.2 Å². The molecule has 1 aromatic heterocycles. The molecule has 11 heteroatoms. The van der Waals surface area contributed by atoms with Crippen LogP contribution >= 0.6 is 0 Å². The Balaban J connectivity index is 1.35. The molecule has 8 nitrogen and oxygen atoms in total. The maximum absolute atomic E-state index is 13.2. The Kier molecular flexibility index (Phi) is 5.89. The van der Waals surface area contributed by atoms with E-state index in [-0.39, 0.29) is 44.1 Å². The molecule has 1 aliphatic rings. The smallest absolute Gasteiger partial charge is 0.339 e. The average Bonchev–Trinajstić information content (AvgIpc) is 3.34. The van der Waals surface area contributed by atoms with Crippen molar-refractivity contribution in [2.45, 2.75) is 12.6 Å². The first-order valence-corrected chi connectivity index (χ1v) is 9.88. The monoisotopic (exact) mass is 444 g/mol. The van der Waals surface area contributed by atoms with Crippen LogP contribution in [0.25, 0.3) is 5.69 Å². The maximum Gasteiger partial charge on any atom is 0.417 e. The number of aromatic nitrogens is 4. The molecule has 2 aromatic carbocycles. The molecule has 0 aliphatic carbocycles. The third-order valence-corrected chi connectivity index (χ3v) is 5.29. The minimum Gasteiger partial charge on any atom is -0.339 e. The van der Waals surface area contributed by atoms with E-state index in [9.17, 15) is 22.8 Å². The Morgan fingerprint density at radius 1 is 0.906 bits per heavy atom. The number of hydrogen-bond donors (Lipinski definition) is 0. The van der Waals surface area contributed by atoms with Crippen LogP contribution in [-0.2, 0) is 17.4 Å². The number of carbonyl (C=O) groups excluding carboxylic acids is 2. The molecule has 0 unspecified atom stereocenters. The predicted octanol–water partition coefficient (Wildman–Crippen LogP) is 2.21. The van der Waals surface area contributed by atoms with E-state index in [0.717, 1.165) is 17.3 Å². The highest BCUT2D eigenvalue weighted by molar-refractivity contribution is 5.96. The van der Waals surface area contributed by atoms with Gasteiger partial charge < -0.3 is 9.80 Å². The van der Waals surface area contributed by atoms with E-state index in [4.69, 9.17) is 0 Å². The number of hydrogen-bond acceptors (Lipinski definition) is 5. The van der Waals surface area contributed by atoms with Crippen molar-refractivity contribution < 1.29 is 22.8 Å². The van der Waals surface area contributed by atoms with Crippen molar-refractivity contribution in [3.63, 3.8) is 0 Å². The lowest BCUT2D eigenvalue weighted by Gasteiger charge is -2.35. The van der Waals surface area contributed by atoms with Gasteiger partial charge in [-0.05, 0) is 40.3 Å². The fraction of sp³-hybridized carbons (Fsp3) is 0.286. The van der Waals surface area contributed by atoms with Gasteiger partial charge in [-0.25, -0.2) is 4.68 Å². The Morgan fingerprint density at radius 2 is 1.56 bits per heavy atom. The lowest BCUT2D eigenvalue weighted by molar-refractivity contribution is -0.138. The van der Waals surface area contributed by atoms with Crippen LogP contribution < -0.4 is 0 Å². The van der Waals surface area contributed by atoms with E-state index in [1.165, 1.54) is 34.1 Å². The predicted molar refractivity (Wildman–Crippen MR) is 107 cm³/mol. The summed E-state index contributed by atoms with van der Waals surface area (Å²) in [5.41, 5.74) is 0.248. The van der Waals surface area contributed by atoms with Gasteiger partial charge in [0.25, 0.3) is 5.91 Å². The number of amides is 2. The van der Waals surface area contributed by atoms with Gasteiger partial charge in [-0.3, -0.25) is 9.59 Å². The van der Waals surface area contributed by atoms with Gasteiger partial charge in [-0.1, -0.05) is 24.3 Å². The number of piperazine rings is 1. The molecule has 2 heterocycles. The fourth-order valence-electron chi connectivity index (χ4n) is 3.58. The molecule has 0 bridgehead atoms. The molecule has 1 aliphatic heterocycles. The summed E-state index contributed by atoms with van der Waals surface area (Å²) >= 11 is 0. The van der Waals surface area contributed by atoms with E-state index >= 15 is 0 Å². The van der Waals surface area contributed by atoms with Crippen LogP contribution in [-0.4, -0.2) is 68.0 Å². The standard InChI is InChI=1S/C21H19F3N6O2/c22-21(23,24)18-4-2-1-3-17(18)20(32)29-11-9-28(10-12-29)19(31)13-15-5-7-16(8-6-15)30-14-25-26-27-30/h1-8,14H,9-13H2. The minimum atomic E-state index is -4.61. The molecule has 32 heavy (non-hydrogen) atoms. The largest absolute Gasteiger partial charge is 0.417 e. The molecular formula is C21H19F3N6O2. The third-order valence-electron chi connectivity index (χ3n) is 5.29. The number of rotatable bonds is 4. The van der Waals surface area contributed by atoms with Crippen LogP contribution in [0, 0.1) is 0 Å². The molecule has 3 aromatic rings. The molecule has 0 N–H and O–H groups in total. The number of carbonyl (C=O) groups is 2. The second-order valence-corrected chi connectivity index (χ2v) is 7.31. The number of alkyl halides is 3. The highest BCUT2D eigenvalue weighted by Gasteiger charge is 2.36. The molecule has 0 radical (unpaired) electrons.